The fourth-order valence-electron chi connectivity index (χ4n) is 3.10. The molecular weight excluding hydrogens is 423 g/mol. The van der Waals surface area contributed by atoms with Crippen molar-refractivity contribution in [3.05, 3.63) is 48.7 Å². The van der Waals surface area contributed by atoms with Crippen molar-refractivity contribution in [2.24, 2.45) is 5.73 Å². The molecule has 3 aromatic rings. The second-order valence-electron chi connectivity index (χ2n) is 6.17. The molecule has 0 bridgehead atoms. The van der Waals surface area contributed by atoms with Crippen LogP contribution in [-0.4, -0.2) is 37.4 Å². The molecule has 4 rings (SSSR count). The number of ether oxygens (including phenoxy) is 1. The molecule has 3 aromatic heterocycles. The Hall–Kier alpha value is -1.93. The zero-order chi connectivity index (χ0) is 17.2. The first kappa shape index (κ1) is 24.1. The normalized spacial score (nSPS) is 17.4. The Bertz CT molecular complexity index is 854. The van der Waals surface area contributed by atoms with Crippen molar-refractivity contribution >= 4 is 37.2 Å². The minimum absolute atomic E-state index is 0. The van der Waals surface area contributed by atoms with Gasteiger partial charge in [-0.25, -0.2) is 4.98 Å². The van der Waals surface area contributed by atoms with Crippen molar-refractivity contribution in [3.63, 3.8) is 0 Å². The van der Waals surface area contributed by atoms with Crippen molar-refractivity contribution in [3.8, 4) is 23.0 Å². The molecule has 0 aromatic carbocycles. The van der Waals surface area contributed by atoms with E-state index in [1.165, 1.54) is 0 Å². The molecule has 152 valence electrons. The van der Waals surface area contributed by atoms with Crippen LogP contribution in [0.1, 0.15) is 31.5 Å². The highest BCUT2D eigenvalue weighted by Crippen LogP contribution is 2.37. The number of pyridine rings is 2. The summed E-state index contributed by atoms with van der Waals surface area (Å²) in [6.45, 7) is 2.56. The summed E-state index contributed by atoms with van der Waals surface area (Å²) in [6.07, 6.45) is 7.12. The maximum absolute atomic E-state index is 5.96. The number of rotatable bonds is 5. The van der Waals surface area contributed by atoms with Crippen LogP contribution < -0.4 is 10.5 Å². The topological polar surface area (TPSA) is 91.7 Å². The Labute approximate surface area is 182 Å². The van der Waals surface area contributed by atoms with Gasteiger partial charge in [-0.15, -0.1) is 47.4 Å². The van der Waals surface area contributed by atoms with Crippen molar-refractivity contribution in [1.82, 2.24) is 24.7 Å². The summed E-state index contributed by atoms with van der Waals surface area (Å²) in [5.74, 6) is 2.68. The second kappa shape index (κ2) is 10.6. The summed E-state index contributed by atoms with van der Waals surface area (Å²) in [5, 5.41) is 8.85. The SMILES string of the molecule is CCOc1ccc(-c2nnc(C3CC(N)C3)n2-c2cccnc2)nc1.Cl.Cl.Cl. The van der Waals surface area contributed by atoms with E-state index >= 15 is 0 Å². The Balaban J connectivity index is 0.00000131. The van der Waals surface area contributed by atoms with Crippen LogP contribution in [0.2, 0.25) is 0 Å². The molecule has 0 atom stereocenters. The molecule has 3 heterocycles. The zero-order valence-corrected chi connectivity index (χ0v) is 17.7. The lowest BCUT2D eigenvalue weighted by Crippen LogP contribution is -2.36. The van der Waals surface area contributed by atoms with Gasteiger partial charge < -0.3 is 10.5 Å². The van der Waals surface area contributed by atoms with Crippen LogP contribution in [0.5, 0.6) is 5.75 Å². The van der Waals surface area contributed by atoms with Gasteiger partial charge >= 0.3 is 0 Å². The highest BCUT2D eigenvalue weighted by molar-refractivity contribution is 5.86. The summed E-state index contributed by atoms with van der Waals surface area (Å²) < 4.78 is 7.50. The van der Waals surface area contributed by atoms with Crippen molar-refractivity contribution in [2.45, 2.75) is 31.7 Å². The average Bonchev–Trinajstić information content (AvgIpc) is 3.05. The lowest BCUT2D eigenvalue weighted by molar-refractivity contribution is 0.335. The summed E-state index contributed by atoms with van der Waals surface area (Å²) in [6, 6.07) is 7.94. The van der Waals surface area contributed by atoms with Crippen LogP contribution in [0.25, 0.3) is 17.2 Å². The number of halogens is 3. The van der Waals surface area contributed by atoms with E-state index < -0.39 is 0 Å². The molecule has 0 radical (unpaired) electrons. The summed E-state index contributed by atoms with van der Waals surface area (Å²) >= 11 is 0. The number of nitrogens with zero attached hydrogens (tertiary/aromatic N) is 5. The average molecular weight is 446 g/mol. The summed E-state index contributed by atoms with van der Waals surface area (Å²) in [4.78, 5) is 8.72. The smallest absolute Gasteiger partial charge is 0.187 e. The van der Waals surface area contributed by atoms with Crippen molar-refractivity contribution in [2.75, 3.05) is 6.61 Å². The van der Waals surface area contributed by atoms with Gasteiger partial charge in [0.25, 0.3) is 0 Å². The lowest BCUT2D eigenvalue weighted by Gasteiger charge is -2.31. The fraction of sp³-hybridized carbons (Fsp3) is 0.333. The Morgan fingerprint density at radius 2 is 1.89 bits per heavy atom. The molecule has 1 aliphatic carbocycles. The predicted octanol–water partition coefficient (Wildman–Crippen LogP) is 3.59. The monoisotopic (exact) mass is 444 g/mol. The van der Waals surface area contributed by atoms with Gasteiger partial charge in [-0.3, -0.25) is 9.55 Å². The van der Waals surface area contributed by atoms with E-state index in [0.717, 1.165) is 35.8 Å². The van der Waals surface area contributed by atoms with Gasteiger partial charge in [-0.1, -0.05) is 0 Å². The fourth-order valence-corrected chi connectivity index (χ4v) is 3.10. The number of aromatic nitrogens is 5. The van der Waals surface area contributed by atoms with Crippen LogP contribution in [0, 0.1) is 0 Å². The standard InChI is InChI=1S/C18H20N6O.3ClH/c1-2-25-15-5-6-16(21-11-15)18-23-22-17(12-8-13(19)9-12)24(18)14-4-3-7-20-10-14;;;/h3-7,10-13H,2,8-9,19H2,1H3;3*1H. The molecule has 0 amide bonds. The van der Waals surface area contributed by atoms with E-state index in [9.17, 15) is 0 Å². The van der Waals surface area contributed by atoms with Gasteiger partial charge in [0.15, 0.2) is 5.82 Å². The molecule has 0 unspecified atom stereocenters. The third-order valence-corrected chi connectivity index (χ3v) is 4.41. The van der Waals surface area contributed by atoms with Crippen LogP contribution in [0.3, 0.4) is 0 Å². The van der Waals surface area contributed by atoms with Gasteiger partial charge in [0.05, 0.1) is 24.7 Å². The van der Waals surface area contributed by atoms with Crippen molar-refractivity contribution in [1.29, 1.82) is 0 Å². The van der Waals surface area contributed by atoms with E-state index in [-0.39, 0.29) is 43.3 Å². The van der Waals surface area contributed by atoms with Crippen LogP contribution in [0.4, 0.5) is 0 Å². The van der Waals surface area contributed by atoms with Gasteiger partial charge in [0.1, 0.15) is 17.3 Å². The number of hydrogen-bond acceptors (Lipinski definition) is 6. The largest absolute Gasteiger partial charge is 0.492 e. The first-order valence-corrected chi connectivity index (χ1v) is 8.46. The molecule has 28 heavy (non-hydrogen) atoms. The quantitative estimate of drug-likeness (QED) is 0.645. The molecule has 1 saturated carbocycles. The summed E-state index contributed by atoms with van der Waals surface area (Å²) in [5.41, 5.74) is 7.63. The molecule has 2 N–H and O–H groups in total. The third-order valence-electron chi connectivity index (χ3n) is 4.41. The number of hydrogen-bond donors (Lipinski definition) is 1. The highest BCUT2D eigenvalue weighted by Gasteiger charge is 2.33. The van der Waals surface area contributed by atoms with E-state index in [1.807, 2.05) is 42.0 Å². The van der Waals surface area contributed by atoms with Gasteiger partial charge in [-0.2, -0.15) is 0 Å². The Morgan fingerprint density at radius 3 is 2.46 bits per heavy atom. The first-order valence-electron chi connectivity index (χ1n) is 8.46. The molecule has 10 heteroatoms. The minimum Gasteiger partial charge on any atom is -0.492 e. The van der Waals surface area contributed by atoms with E-state index in [0.29, 0.717) is 18.3 Å². The molecule has 1 aliphatic rings. The maximum atomic E-state index is 5.96. The highest BCUT2D eigenvalue weighted by atomic mass is 35.5. The number of nitrogens with two attached hydrogens (primary N) is 1. The first-order chi connectivity index (χ1) is 12.3. The van der Waals surface area contributed by atoms with E-state index in [2.05, 4.69) is 20.2 Å². The van der Waals surface area contributed by atoms with E-state index in [1.54, 1.807) is 12.4 Å². The molecule has 7 nitrogen and oxygen atoms in total. The van der Waals surface area contributed by atoms with Gasteiger partial charge in [-0.05, 0) is 44.0 Å². The predicted molar refractivity (Wildman–Crippen MR) is 115 cm³/mol. The Morgan fingerprint density at radius 1 is 1.11 bits per heavy atom. The molecular formula is C18H23Cl3N6O. The van der Waals surface area contributed by atoms with Gasteiger partial charge in [0.2, 0.25) is 0 Å². The maximum Gasteiger partial charge on any atom is 0.187 e. The molecule has 0 spiro atoms. The second-order valence-corrected chi connectivity index (χ2v) is 6.17. The molecule has 0 aliphatic heterocycles. The molecule has 0 saturated heterocycles. The van der Waals surface area contributed by atoms with Crippen molar-refractivity contribution < 1.29 is 4.74 Å². The zero-order valence-electron chi connectivity index (χ0n) is 15.3. The Kier molecular flexibility index (Phi) is 9.10. The van der Waals surface area contributed by atoms with E-state index in [4.69, 9.17) is 10.5 Å². The third kappa shape index (κ3) is 4.72. The summed E-state index contributed by atoms with van der Waals surface area (Å²) in [7, 11) is 0. The lowest BCUT2D eigenvalue weighted by atomic mass is 9.80. The van der Waals surface area contributed by atoms with Crippen LogP contribution >= 0.6 is 37.2 Å². The molecule has 1 fully saturated rings. The van der Waals surface area contributed by atoms with Crippen LogP contribution in [0.15, 0.2) is 42.9 Å². The van der Waals surface area contributed by atoms with Gasteiger partial charge in [0, 0.05) is 18.2 Å². The van der Waals surface area contributed by atoms with Crippen LogP contribution in [-0.2, 0) is 0 Å². The minimum atomic E-state index is 0.